The lowest BCUT2D eigenvalue weighted by Gasteiger charge is -2.43. The van der Waals surface area contributed by atoms with Crippen LogP contribution in [0.15, 0.2) is 42.6 Å². The summed E-state index contributed by atoms with van der Waals surface area (Å²) in [5.74, 6) is 1.80. The summed E-state index contributed by atoms with van der Waals surface area (Å²) in [5, 5.41) is 0. The summed E-state index contributed by atoms with van der Waals surface area (Å²) < 4.78 is 49.8. The van der Waals surface area contributed by atoms with E-state index < -0.39 is 17.8 Å². The van der Waals surface area contributed by atoms with E-state index in [1.165, 1.54) is 6.07 Å². The van der Waals surface area contributed by atoms with Gasteiger partial charge in [-0.1, -0.05) is 12.1 Å². The highest BCUT2D eigenvalue weighted by atomic mass is 19.4. The fourth-order valence-electron chi connectivity index (χ4n) is 4.85. The third-order valence-electron chi connectivity index (χ3n) is 6.79. The van der Waals surface area contributed by atoms with Crippen LogP contribution >= 0.6 is 0 Å². The van der Waals surface area contributed by atoms with Crippen LogP contribution in [0.5, 0.6) is 11.5 Å². The first kappa shape index (κ1) is 22.8. The van der Waals surface area contributed by atoms with E-state index in [9.17, 15) is 18.0 Å². The van der Waals surface area contributed by atoms with Crippen LogP contribution in [-0.2, 0) is 11.0 Å². The predicted molar refractivity (Wildman–Crippen MR) is 119 cm³/mol. The summed E-state index contributed by atoms with van der Waals surface area (Å²) in [4.78, 5) is 23.3. The van der Waals surface area contributed by atoms with Gasteiger partial charge in [0.15, 0.2) is 11.5 Å². The molecule has 2 saturated heterocycles. The number of para-hydroxylation sites is 2. The van der Waals surface area contributed by atoms with Crippen molar-refractivity contribution in [2.75, 3.05) is 50.8 Å². The van der Waals surface area contributed by atoms with Gasteiger partial charge in [0.25, 0.3) is 5.91 Å². The molecule has 0 aliphatic carbocycles. The van der Waals surface area contributed by atoms with Crippen molar-refractivity contribution in [3.63, 3.8) is 0 Å². The average Bonchev–Trinajstić information content (AvgIpc) is 2.88. The topological polar surface area (TPSA) is 58.1 Å². The zero-order valence-electron chi connectivity index (χ0n) is 18.7. The number of hydrogen-bond acceptors (Lipinski definition) is 6. The molecule has 0 bridgehead atoms. The second-order valence-corrected chi connectivity index (χ2v) is 8.85. The van der Waals surface area contributed by atoms with Gasteiger partial charge in [0.1, 0.15) is 12.4 Å². The van der Waals surface area contributed by atoms with Crippen LogP contribution in [0.3, 0.4) is 0 Å². The average molecular weight is 476 g/mol. The Balaban J connectivity index is 1.09. The van der Waals surface area contributed by atoms with Gasteiger partial charge in [-0.05, 0) is 37.1 Å². The molecule has 3 aliphatic heterocycles. The van der Waals surface area contributed by atoms with Gasteiger partial charge in [0, 0.05) is 51.5 Å². The number of halogens is 3. The van der Waals surface area contributed by atoms with Crippen molar-refractivity contribution in [2.45, 2.75) is 31.2 Å². The maximum absolute atomic E-state index is 13.0. The summed E-state index contributed by atoms with van der Waals surface area (Å²) in [7, 11) is 0. The van der Waals surface area contributed by atoms with Gasteiger partial charge in [0.2, 0.25) is 6.10 Å². The molecular weight excluding hydrogens is 449 g/mol. The molecule has 0 radical (unpaired) electrons. The van der Waals surface area contributed by atoms with Gasteiger partial charge in [-0.15, -0.1) is 0 Å². The quantitative estimate of drug-likeness (QED) is 0.679. The van der Waals surface area contributed by atoms with Crippen molar-refractivity contribution in [1.82, 2.24) is 14.8 Å². The number of rotatable bonds is 3. The molecule has 1 aromatic carbocycles. The van der Waals surface area contributed by atoms with E-state index in [4.69, 9.17) is 9.47 Å². The van der Waals surface area contributed by atoms with E-state index in [0.29, 0.717) is 49.5 Å². The molecule has 5 rings (SSSR count). The number of anilines is 1. The third kappa shape index (κ3) is 4.77. The van der Waals surface area contributed by atoms with Crippen molar-refractivity contribution >= 4 is 11.7 Å². The van der Waals surface area contributed by atoms with Gasteiger partial charge < -0.3 is 19.3 Å². The molecule has 0 saturated carbocycles. The number of hydrogen-bond donors (Lipinski definition) is 0. The van der Waals surface area contributed by atoms with Gasteiger partial charge in [-0.25, -0.2) is 4.98 Å². The minimum Gasteiger partial charge on any atom is -0.485 e. The third-order valence-corrected chi connectivity index (χ3v) is 6.79. The van der Waals surface area contributed by atoms with Crippen molar-refractivity contribution in [1.29, 1.82) is 0 Å². The number of nitrogens with zero attached hydrogens (tertiary/aromatic N) is 4. The molecule has 0 N–H and O–H groups in total. The number of aromatic nitrogens is 1. The lowest BCUT2D eigenvalue weighted by atomic mass is 10.0. The number of likely N-dealkylation sites (tertiary alicyclic amines) is 1. The van der Waals surface area contributed by atoms with Gasteiger partial charge in [0.05, 0.1) is 5.56 Å². The molecular formula is C24H27F3N4O3. The largest absolute Gasteiger partial charge is 0.485 e. The molecule has 1 amide bonds. The van der Waals surface area contributed by atoms with E-state index in [1.807, 2.05) is 28.0 Å². The molecule has 2 fully saturated rings. The number of piperazine rings is 1. The van der Waals surface area contributed by atoms with Crippen LogP contribution in [-0.4, -0.2) is 78.7 Å². The van der Waals surface area contributed by atoms with E-state index in [1.54, 1.807) is 6.07 Å². The number of piperidine rings is 1. The van der Waals surface area contributed by atoms with E-state index in [-0.39, 0.29) is 12.5 Å². The molecule has 0 unspecified atom stereocenters. The molecule has 3 aliphatic rings. The Kier molecular flexibility index (Phi) is 6.24. The zero-order valence-corrected chi connectivity index (χ0v) is 18.7. The Morgan fingerprint density at radius 3 is 2.29 bits per heavy atom. The van der Waals surface area contributed by atoms with Crippen LogP contribution < -0.4 is 14.4 Å². The minimum absolute atomic E-state index is 0.0360. The lowest BCUT2D eigenvalue weighted by molar-refractivity contribution is -0.143. The van der Waals surface area contributed by atoms with E-state index in [2.05, 4.69) is 9.88 Å². The highest BCUT2D eigenvalue weighted by molar-refractivity contribution is 5.82. The molecule has 34 heavy (non-hydrogen) atoms. The molecule has 7 nitrogen and oxygen atoms in total. The smallest absolute Gasteiger partial charge is 0.417 e. The Morgan fingerprint density at radius 1 is 0.941 bits per heavy atom. The Labute approximate surface area is 196 Å². The second kappa shape index (κ2) is 9.32. The van der Waals surface area contributed by atoms with Gasteiger partial charge >= 0.3 is 6.18 Å². The van der Waals surface area contributed by atoms with Crippen molar-refractivity contribution < 1.29 is 27.4 Å². The SMILES string of the molecule is O=C([C@@H]1COc2ccccc2O1)N1CCC(N2CCN(c3ccc(C(F)(F)F)cn3)CC2)CC1. The number of amides is 1. The molecule has 2 aromatic rings. The molecule has 10 heteroatoms. The first-order valence-corrected chi connectivity index (χ1v) is 11.6. The number of fused-ring (bicyclic) bond motifs is 1. The van der Waals surface area contributed by atoms with Crippen molar-refractivity contribution in [3.8, 4) is 11.5 Å². The van der Waals surface area contributed by atoms with E-state index >= 15 is 0 Å². The van der Waals surface area contributed by atoms with Crippen LogP contribution in [0.1, 0.15) is 18.4 Å². The summed E-state index contributed by atoms with van der Waals surface area (Å²) in [6, 6.07) is 10.3. The second-order valence-electron chi connectivity index (χ2n) is 8.85. The molecule has 182 valence electrons. The molecule has 1 aromatic heterocycles. The maximum atomic E-state index is 13.0. The monoisotopic (exact) mass is 476 g/mol. The fraction of sp³-hybridized carbons (Fsp3) is 0.500. The van der Waals surface area contributed by atoms with Crippen molar-refractivity contribution in [2.24, 2.45) is 0 Å². The molecule has 0 spiro atoms. The number of alkyl halides is 3. The fourth-order valence-corrected chi connectivity index (χ4v) is 4.85. The summed E-state index contributed by atoms with van der Waals surface area (Å²) in [6.45, 7) is 4.62. The normalized spacial score (nSPS) is 22.0. The van der Waals surface area contributed by atoms with Crippen LogP contribution in [0.2, 0.25) is 0 Å². The molecule has 1 atom stereocenters. The summed E-state index contributed by atoms with van der Waals surface area (Å²) in [5.41, 5.74) is -0.731. The number of pyridine rings is 1. The maximum Gasteiger partial charge on any atom is 0.417 e. The standard InChI is InChI=1S/C24H27F3N4O3/c25-24(26,27)17-5-6-22(28-15-17)30-13-11-29(12-14-30)18-7-9-31(10-8-18)23(32)21-16-33-19-3-1-2-4-20(19)34-21/h1-6,15,18,21H,7-14,16H2/t21-/m0/s1. The Bertz CT molecular complexity index is 1000. The van der Waals surface area contributed by atoms with Gasteiger partial charge in [-0.2, -0.15) is 13.2 Å². The zero-order chi connectivity index (χ0) is 23.7. The predicted octanol–water partition coefficient (Wildman–Crippen LogP) is 3.05. The number of carbonyl (C=O) groups excluding carboxylic acids is 1. The summed E-state index contributed by atoms with van der Waals surface area (Å²) >= 11 is 0. The summed E-state index contributed by atoms with van der Waals surface area (Å²) in [6.07, 6.45) is -2.33. The van der Waals surface area contributed by atoms with E-state index in [0.717, 1.165) is 38.2 Å². The van der Waals surface area contributed by atoms with Crippen molar-refractivity contribution in [3.05, 3.63) is 48.2 Å². The molecule has 4 heterocycles. The lowest BCUT2D eigenvalue weighted by Crippen LogP contribution is -2.55. The first-order valence-electron chi connectivity index (χ1n) is 11.6. The highest BCUT2D eigenvalue weighted by Gasteiger charge is 2.35. The van der Waals surface area contributed by atoms with Crippen LogP contribution in [0, 0.1) is 0 Å². The first-order chi connectivity index (χ1) is 16.4. The number of ether oxygens (including phenoxy) is 2. The minimum atomic E-state index is -4.37. The highest BCUT2D eigenvalue weighted by Crippen LogP contribution is 2.32. The number of carbonyl (C=O) groups is 1. The van der Waals surface area contributed by atoms with Crippen LogP contribution in [0.4, 0.5) is 19.0 Å². The Morgan fingerprint density at radius 2 is 1.65 bits per heavy atom. The van der Waals surface area contributed by atoms with Gasteiger partial charge in [-0.3, -0.25) is 9.69 Å². The number of benzene rings is 1. The Hall–Kier alpha value is -3.01. The van der Waals surface area contributed by atoms with Crippen LogP contribution in [0.25, 0.3) is 0 Å².